The molecule has 0 aliphatic rings. The molecule has 0 N–H and O–H groups in total. The summed E-state index contributed by atoms with van der Waals surface area (Å²) in [5, 5.41) is 0. The molecule has 0 fully saturated rings. The van der Waals surface area contributed by atoms with Gasteiger partial charge in [0.1, 0.15) is 6.61 Å². The van der Waals surface area contributed by atoms with Crippen molar-refractivity contribution in [2.45, 2.75) is 24.8 Å². The monoisotopic (exact) mass is 282 g/mol. The Balaban J connectivity index is 2.33. The molecule has 0 aromatic heterocycles. The van der Waals surface area contributed by atoms with Gasteiger partial charge >= 0.3 is 5.97 Å². The Bertz CT molecular complexity index is 346. The molecule has 0 heterocycles. The quantitative estimate of drug-likeness (QED) is 0.470. The number of carbonyl (C=O) groups is 1. The molecular formula is C13H15BrO2. The van der Waals surface area contributed by atoms with Gasteiger partial charge in [0.05, 0.1) is 0 Å². The van der Waals surface area contributed by atoms with Gasteiger partial charge in [0, 0.05) is 10.9 Å². The van der Waals surface area contributed by atoms with Crippen LogP contribution in [0, 0.1) is 0 Å². The zero-order chi connectivity index (χ0) is 11.8. The maximum atomic E-state index is 11.3. The average Bonchev–Trinajstić information content (AvgIpc) is 2.34. The molecule has 0 bridgehead atoms. The second-order valence-corrected chi connectivity index (χ2v) is 4.55. The molecule has 1 rings (SSSR count). The average molecular weight is 283 g/mol. The smallest absolute Gasteiger partial charge is 0.330 e. The van der Waals surface area contributed by atoms with Crippen LogP contribution < -0.4 is 0 Å². The van der Waals surface area contributed by atoms with E-state index in [1.165, 1.54) is 6.08 Å². The first kappa shape index (κ1) is 13.0. The third-order valence-electron chi connectivity index (χ3n) is 2.06. The molecule has 0 aliphatic carbocycles. The SMILES string of the molecule is CCC(Br)/C=C/C(=O)OCc1ccccc1. The summed E-state index contributed by atoms with van der Waals surface area (Å²) in [5.74, 6) is -0.304. The van der Waals surface area contributed by atoms with Crippen molar-refractivity contribution in [1.29, 1.82) is 0 Å². The summed E-state index contributed by atoms with van der Waals surface area (Å²) in [6.45, 7) is 2.36. The standard InChI is InChI=1S/C13H15BrO2/c1-2-12(14)8-9-13(15)16-10-11-6-4-3-5-7-11/h3-9,12H,2,10H2,1H3/b9-8+. The predicted octanol–water partition coefficient (Wildman–Crippen LogP) is 3.46. The van der Waals surface area contributed by atoms with Crippen molar-refractivity contribution in [2.75, 3.05) is 0 Å². The molecule has 1 unspecified atom stereocenters. The van der Waals surface area contributed by atoms with E-state index in [0.717, 1.165) is 12.0 Å². The third-order valence-corrected chi connectivity index (χ3v) is 3.01. The van der Waals surface area contributed by atoms with Gasteiger partial charge in [-0.1, -0.05) is 59.3 Å². The van der Waals surface area contributed by atoms with E-state index in [4.69, 9.17) is 4.74 Å². The zero-order valence-corrected chi connectivity index (χ0v) is 10.8. The molecular weight excluding hydrogens is 268 g/mol. The normalized spacial score (nSPS) is 12.6. The lowest BCUT2D eigenvalue weighted by Crippen LogP contribution is -2.01. The first-order valence-corrected chi connectivity index (χ1v) is 6.17. The Labute approximate surface area is 104 Å². The van der Waals surface area contributed by atoms with Crippen molar-refractivity contribution in [2.24, 2.45) is 0 Å². The van der Waals surface area contributed by atoms with E-state index in [2.05, 4.69) is 15.9 Å². The number of esters is 1. The summed E-state index contributed by atoms with van der Waals surface area (Å²) in [6, 6.07) is 9.63. The number of halogens is 1. The van der Waals surface area contributed by atoms with Crippen molar-refractivity contribution >= 4 is 21.9 Å². The molecule has 1 aromatic carbocycles. The molecule has 0 aliphatic heterocycles. The second-order valence-electron chi connectivity index (χ2n) is 3.38. The predicted molar refractivity (Wildman–Crippen MR) is 68.4 cm³/mol. The van der Waals surface area contributed by atoms with E-state index in [9.17, 15) is 4.79 Å². The fraction of sp³-hybridized carbons (Fsp3) is 0.308. The van der Waals surface area contributed by atoms with Gasteiger partial charge in [-0.3, -0.25) is 0 Å². The highest BCUT2D eigenvalue weighted by molar-refractivity contribution is 9.09. The first-order chi connectivity index (χ1) is 7.72. The van der Waals surface area contributed by atoms with E-state index >= 15 is 0 Å². The summed E-state index contributed by atoms with van der Waals surface area (Å²) in [7, 11) is 0. The first-order valence-electron chi connectivity index (χ1n) is 5.25. The third kappa shape index (κ3) is 5.12. The van der Waals surface area contributed by atoms with Crippen LogP contribution >= 0.6 is 15.9 Å². The second kappa shape index (κ2) is 7.23. The Morgan fingerprint density at radius 3 is 2.75 bits per heavy atom. The Kier molecular flexibility index (Phi) is 5.86. The van der Waals surface area contributed by atoms with Crippen molar-refractivity contribution in [3.05, 3.63) is 48.0 Å². The number of allylic oxidation sites excluding steroid dienone is 1. The van der Waals surface area contributed by atoms with Crippen molar-refractivity contribution in [1.82, 2.24) is 0 Å². The molecule has 0 spiro atoms. The topological polar surface area (TPSA) is 26.3 Å². The highest BCUT2D eigenvalue weighted by Crippen LogP contribution is 2.06. The Hall–Kier alpha value is -1.09. The molecule has 86 valence electrons. The molecule has 0 saturated heterocycles. The van der Waals surface area contributed by atoms with Gasteiger partial charge in [-0.2, -0.15) is 0 Å². The van der Waals surface area contributed by atoms with Crippen LogP contribution in [0.1, 0.15) is 18.9 Å². The van der Waals surface area contributed by atoms with Crippen LogP contribution in [0.5, 0.6) is 0 Å². The van der Waals surface area contributed by atoms with E-state index in [0.29, 0.717) is 6.61 Å². The van der Waals surface area contributed by atoms with Crippen LogP contribution in [0.25, 0.3) is 0 Å². The number of rotatable bonds is 5. The summed E-state index contributed by atoms with van der Waals surface area (Å²) in [5.41, 5.74) is 0.995. The fourth-order valence-electron chi connectivity index (χ4n) is 1.10. The van der Waals surface area contributed by atoms with Gasteiger partial charge in [-0.15, -0.1) is 0 Å². The summed E-state index contributed by atoms with van der Waals surface area (Å²) < 4.78 is 5.08. The van der Waals surface area contributed by atoms with Crippen LogP contribution in [0.4, 0.5) is 0 Å². The van der Waals surface area contributed by atoms with Gasteiger partial charge in [-0.25, -0.2) is 4.79 Å². The number of benzene rings is 1. The Morgan fingerprint density at radius 2 is 2.12 bits per heavy atom. The molecule has 16 heavy (non-hydrogen) atoms. The van der Waals surface area contributed by atoms with Crippen molar-refractivity contribution in [3.8, 4) is 0 Å². The largest absolute Gasteiger partial charge is 0.458 e. The van der Waals surface area contributed by atoms with Gasteiger partial charge in [0.15, 0.2) is 0 Å². The lowest BCUT2D eigenvalue weighted by atomic mass is 10.2. The van der Waals surface area contributed by atoms with Gasteiger partial charge in [0.25, 0.3) is 0 Å². The van der Waals surface area contributed by atoms with E-state index in [-0.39, 0.29) is 10.8 Å². The van der Waals surface area contributed by atoms with Crippen LogP contribution in [0.15, 0.2) is 42.5 Å². The van der Waals surface area contributed by atoms with Crippen LogP contribution in [-0.4, -0.2) is 10.8 Å². The minimum absolute atomic E-state index is 0.233. The van der Waals surface area contributed by atoms with Crippen LogP contribution in [0.3, 0.4) is 0 Å². The molecule has 1 atom stereocenters. The molecule has 0 radical (unpaired) electrons. The summed E-state index contributed by atoms with van der Waals surface area (Å²) in [4.78, 5) is 11.5. The van der Waals surface area contributed by atoms with E-state index in [1.54, 1.807) is 6.08 Å². The minimum atomic E-state index is -0.304. The molecule has 0 saturated carbocycles. The maximum Gasteiger partial charge on any atom is 0.330 e. The molecule has 2 nitrogen and oxygen atoms in total. The van der Waals surface area contributed by atoms with Crippen LogP contribution in [0.2, 0.25) is 0 Å². The summed E-state index contributed by atoms with van der Waals surface area (Å²) >= 11 is 3.41. The number of hydrogen-bond acceptors (Lipinski definition) is 2. The van der Waals surface area contributed by atoms with Gasteiger partial charge < -0.3 is 4.74 Å². The number of ether oxygens (including phenoxy) is 1. The van der Waals surface area contributed by atoms with Crippen molar-refractivity contribution < 1.29 is 9.53 Å². The number of carbonyl (C=O) groups excluding carboxylic acids is 1. The summed E-state index contributed by atoms with van der Waals surface area (Å²) in [6.07, 6.45) is 4.21. The maximum absolute atomic E-state index is 11.3. The zero-order valence-electron chi connectivity index (χ0n) is 9.23. The minimum Gasteiger partial charge on any atom is -0.458 e. The van der Waals surface area contributed by atoms with Crippen LogP contribution in [-0.2, 0) is 16.1 Å². The number of alkyl halides is 1. The fourth-order valence-corrected chi connectivity index (χ4v) is 1.25. The lowest BCUT2D eigenvalue weighted by molar-refractivity contribution is -0.139. The Morgan fingerprint density at radius 1 is 1.44 bits per heavy atom. The molecule has 1 aromatic rings. The highest BCUT2D eigenvalue weighted by Gasteiger charge is 1.99. The van der Waals surface area contributed by atoms with E-state index in [1.807, 2.05) is 37.3 Å². The highest BCUT2D eigenvalue weighted by atomic mass is 79.9. The molecule has 3 heteroatoms. The number of hydrogen-bond donors (Lipinski definition) is 0. The molecule has 0 amide bonds. The lowest BCUT2D eigenvalue weighted by Gasteiger charge is -2.02. The van der Waals surface area contributed by atoms with Gasteiger partial charge in [-0.05, 0) is 12.0 Å². The van der Waals surface area contributed by atoms with Crippen molar-refractivity contribution in [3.63, 3.8) is 0 Å². The van der Waals surface area contributed by atoms with Gasteiger partial charge in [0.2, 0.25) is 0 Å². The van der Waals surface area contributed by atoms with E-state index < -0.39 is 0 Å².